The van der Waals surface area contributed by atoms with Gasteiger partial charge in [0.25, 0.3) is 0 Å². The molecular formula is C17H25N3O2S. The maximum atomic E-state index is 6.15. The van der Waals surface area contributed by atoms with Crippen LogP contribution in [0.3, 0.4) is 0 Å². The van der Waals surface area contributed by atoms with E-state index in [1.807, 2.05) is 18.7 Å². The quantitative estimate of drug-likeness (QED) is 0.676. The van der Waals surface area contributed by atoms with E-state index in [4.69, 9.17) is 15.2 Å². The third-order valence-corrected chi connectivity index (χ3v) is 5.07. The molecule has 1 fully saturated rings. The molecule has 2 N–H and O–H groups in total. The zero-order valence-corrected chi connectivity index (χ0v) is 14.7. The summed E-state index contributed by atoms with van der Waals surface area (Å²) in [6.45, 7) is 7.20. The molecule has 0 aromatic heterocycles. The highest BCUT2D eigenvalue weighted by molar-refractivity contribution is 7.99. The fraction of sp³-hybridized carbons (Fsp3) is 0.588. The molecule has 1 aromatic rings. The molecule has 1 unspecified atom stereocenters. The van der Waals surface area contributed by atoms with E-state index in [1.165, 1.54) is 5.56 Å². The van der Waals surface area contributed by atoms with Crippen molar-refractivity contribution in [2.24, 2.45) is 10.7 Å². The van der Waals surface area contributed by atoms with Crippen molar-refractivity contribution in [3.8, 4) is 11.5 Å². The second-order valence-electron chi connectivity index (χ2n) is 5.91. The molecule has 126 valence electrons. The van der Waals surface area contributed by atoms with E-state index in [0.29, 0.717) is 19.1 Å². The molecule has 1 saturated heterocycles. The highest BCUT2D eigenvalue weighted by Gasteiger charge is 2.22. The van der Waals surface area contributed by atoms with Crippen LogP contribution in [0.2, 0.25) is 0 Å². The van der Waals surface area contributed by atoms with Gasteiger partial charge in [0.15, 0.2) is 5.96 Å². The summed E-state index contributed by atoms with van der Waals surface area (Å²) in [5.41, 5.74) is 8.40. The van der Waals surface area contributed by atoms with Crippen molar-refractivity contribution in [1.29, 1.82) is 0 Å². The summed E-state index contributed by atoms with van der Waals surface area (Å²) in [7, 11) is 0. The predicted molar refractivity (Wildman–Crippen MR) is 95.6 cm³/mol. The molecule has 5 nitrogen and oxygen atoms in total. The lowest BCUT2D eigenvalue weighted by molar-refractivity contribution is 0.254. The third-order valence-electron chi connectivity index (χ3n) is 4.13. The van der Waals surface area contributed by atoms with Crippen LogP contribution in [0.4, 0.5) is 0 Å². The Kier molecular flexibility index (Phi) is 5.20. The second-order valence-corrected chi connectivity index (χ2v) is 7.13. The Bertz CT molecular complexity index is 585. The minimum atomic E-state index is 0.231. The van der Waals surface area contributed by atoms with E-state index in [1.54, 1.807) is 0 Å². The first-order valence-electron chi connectivity index (χ1n) is 8.25. The minimum absolute atomic E-state index is 0.231. The van der Waals surface area contributed by atoms with Crippen LogP contribution in [0.1, 0.15) is 25.0 Å². The Balaban J connectivity index is 1.77. The highest BCUT2D eigenvalue weighted by atomic mass is 32.2. The second kappa shape index (κ2) is 7.34. The molecule has 2 heterocycles. The van der Waals surface area contributed by atoms with Gasteiger partial charge < -0.3 is 20.1 Å². The van der Waals surface area contributed by atoms with Gasteiger partial charge in [0, 0.05) is 42.1 Å². The van der Waals surface area contributed by atoms with Crippen LogP contribution >= 0.6 is 11.8 Å². The van der Waals surface area contributed by atoms with Gasteiger partial charge in [0.05, 0.1) is 13.2 Å². The minimum Gasteiger partial charge on any atom is -0.494 e. The van der Waals surface area contributed by atoms with Crippen LogP contribution in [0.5, 0.6) is 11.5 Å². The highest BCUT2D eigenvalue weighted by Crippen LogP contribution is 2.35. The molecular weight excluding hydrogens is 310 g/mol. The van der Waals surface area contributed by atoms with Gasteiger partial charge in [-0.1, -0.05) is 0 Å². The summed E-state index contributed by atoms with van der Waals surface area (Å²) in [4.78, 5) is 6.74. The van der Waals surface area contributed by atoms with Crippen molar-refractivity contribution >= 4 is 17.7 Å². The molecule has 1 aromatic carbocycles. The van der Waals surface area contributed by atoms with Gasteiger partial charge in [-0.25, -0.2) is 4.99 Å². The fourth-order valence-electron chi connectivity index (χ4n) is 2.95. The van der Waals surface area contributed by atoms with E-state index in [-0.39, 0.29) is 6.10 Å². The Morgan fingerprint density at radius 3 is 2.96 bits per heavy atom. The zero-order valence-electron chi connectivity index (χ0n) is 13.9. The summed E-state index contributed by atoms with van der Waals surface area (Å²) in [5, 5.41) is 0. The average Bonchev–Trinajstić information content (AvgIpc) is 2.92. The van der Waals surface area contributed by atoms with E-state index >= 15 is 0 Å². The van der Waals surface area contributed by atoms with E-state index in [9.17, 15) is 0 Å². The standard InChI is InChI=1S/C17H25N3O2S/c1-3-21-15-9-13-8-12(2)22-16(13)10-14(15)11-19-17(18)20-4-6-23-7-5-20/h9-10,12H,3-8,11H2,1-2H3,(H2,18,19). The van der Waals surface area contributed by atoms with E-state index < -0.39 is 0 Å². The van der Waals surface area contributed by atoms with Gasteiger partial charge in [-0.05, 0) is 26.0 Å². The van der Waals surface area contributed by atoms with E-state index in [0.717, 1.165) is 48.1 Å². The molecule has 0 spiro atoms. The van der Waals surface area contributed by atoms with Crippen molar-refractivity contribution in [2.75, 3.05) is 31.2 Å². The maximum Gasteiger partial charge on any atom is 0.191 e. The smallest absolute Gasteiger partial charge is 0.191 e. The van der Waals surface area contributed by atoms with Gasteiger partial charge in [-0.3, -0.25) is 0 Å². The molecule has 0 bridgehead atoms. The van der Waals surface area contributed by atoms with Crippen molar-refractivity contribution in [2.45, 2.75) is 32.9 Å². The first-order valence-corrected chi connectivity index (χ1v) is 9.40. The third kappa shape index (κ3) is 3.86. The fourth-order valence-corrected chi connectivity index (χ4v) is 3.86. The van der Waals surface area contributed by atoms with Gasteiger partial charge in [0.2, 0.25) is 0 Å². The Hall–Kier alpha value is -1.56. The van der Waals surface area contributed by atoms with Crippen molar-refractivity contribution in [1.82, 2.24) is 4.90 Å². The Morgan fingerprint density at radius 2 is 2.22 bits per heavy atom. The average molecular weight is 335 g/mol. The monoisotopic (exact) mass is 335 g/mol. The Morgan fingerprint density at radius 1 is 1.43 bits per heavy atom. The van der Waals surface area contributed by atoms with Gasteiger partial charge in [0.1, 0.15) is 17.6 Å². The van der Waals surface area contributed by atoms with Crippen molar-refractivity contribution in [3.63, 3.8) is 0 Å². The molecule has 0 saturated carbocycles. The summed E-state index contributed by atoms with van der Waals surface area (Å²) < 4.78 is 11.6. The SMILES string of the molecule is CCOc1cc2c(cc1CN=C(N)N1CCSCC1)OC(C)C2. The van der Waals surface area contributed by atoms with Crippen molar-refractivity contribution in [3.05, 3.63) is 23.3 Å². The van der Waals surface area contributed by atoms with Crippen LogP contribution in [0.25, 0.3) is 0 Å². The van der Waals surface area contributed by atoms with Gasteiger partial charge >= 0.3 is 0 Å². The molecule has 0 radical (unpaired) electrons. The number of rotatable bonds is 4. The number of nitrogens with two attached hydrogens (primary N) is 1. The first kappa shape index (κ1) is 16.3. The largest absolute Gasteiger partial charge is 0.494 e. The van der Waals surface area contributed by atoms with Crippen LogP contribution in [-0.2, 0) is 13.0 Å². The first-order chi connectivity index (χ1) is 11.2. The lowest BCUT2D eigenvalue weighted by atomic mass is 10.1. The number of nitrogens with zero attached hydrogens (tertiary/aromatic N) is 2. The molecule has 3 rings (SSSR count). The molecule has 1 atom stereocenters. The summed E-state index contributed by atoms with van der Waals surface area (Å²) in [6, 6.07) is 4.16. The topological polar surface area (TPSA) is 60.1 Å². The number of aliphatic imine (C=N–C) groups is 1. The maximum absolute atomic E-state index is 6.15. The number of fused-ring (bicyclic) bond motifs is 1. The summed E-state index contributed by atoms with van der Waals surface area (Å²) >= 11 is 1.96. The van der Waals surface area contributed by atoms with Gasteiger partial charge in [-0.2, -0.15) is 11.8 Å². The number of benzene rings is 1. The predicted octanol–water partition coefficient (Wildman–Crippen LogP) is 2.27. The van der Waals surface area contributed by atoms with Crippen LogP contribution in [-0.4, -0.2) is 48.2 Å². The number of hydrogen-bond acceptors (Lipinski definition) is 4. The number of guanidine groups is 1. The lowest BCUT2D eigenvalue weighted by Crippen LogP contribution is -2.42. The van der Waals surface area contributed by atoms with Crippen LogP contribution in [0, 0.1) is 0 Å². The lowest BCUT2D eigenvalue weighted by Gasteiger charge is -2.27. The summed E-state index contributed by atoms with van der Waals surface area (Å²) in [6.07, 6.45) is 1.17. The molecule has 0 amide bonds. The van der Waals surface area contributed by atoms with Crippen LogP contribution < -0.4 is 15.2 Å². The zero-order chi connectivity index (χ0) is 16.2. The number of thioether (sulfide) groups is 1. The number of hydrogen-bond donors (Lipinski definition) is 1. The number of ether oxygens (including phenoxy) is 2. The molecule has 6 heteroatoms. The molecule has 2 aliphatic heterocycles. The van der Waals surface area contributed by atoms with Crippen LogP contribution in [0.15, 0.2) is 17.1 Å². The van der Waals surface area contributed by atoms with E-state index in [2.05, 4.69) is 28.9 Å². The summed E-state index contributed by atoms with van der Waals surface area (Å²) in [5.74, 6) is 4.71. The molecule has 0 aliphatic carbocycles. The normalized spacial score (nSPS) is 21.0. The van der Waals surface area contributed by atoms with Crippen molar-refractivity contribution < 1.29 is 9.47 Å². The van der Waals surface area contributed by atoms with Gasteiger partial charge in [-0.15, -0.1) is 0 Å². The Labute approximate surface area is 142 Å². The molecule has 2 aliphatic rings. The molecule has 23 heavy (non-hydrogen) atoms.